The van der Waals surface area contributed by atoms with E-state index >= 15 is 0 Å². The van der Waals surface area contributed by atoms with E-state index in [-0.39, 0.29) is 18.0 Å². The van der Waals surface area contributed by atoms with Crippen LogP contribution in [0.4, 0.5) is 11.6 Å². The van der Waals surface area contributed by atoms with Gasteiger partial charge in [-0.3, -0.25) is 4.79 Å². The van der Waals surface area contributed by atoms with Gasteiger partial charge in [0.15, 0.2) is 11.6 Å². The SMILES string of the molecule is COc1cccc(C2CC(C(=O)N3CCN(c4ccc(N5CCOCC5)nn4)CC3)NN2)c1. The average Bonchev–Trinajstić information content (AvgIpc) is 3.39. The lowest BCUT2D eigenvalue weighted by Crippen LogP contribution is -2.53. The molecule has 0 saturated carbocycles. The zero-order valence-corrected chi connectivity index (χ0v) is 18.9. The molecule has 1 aromatic carbocycles. The van der Waals surface area contributed by atoms with Crippen molar-refractivity contribution in [2.45, 2.75) is 18.5 Å². The summed E-state index contributed by atoms with van der Waals surface area (Å²) in [6, 6.07) is 11.9. The maximum Gasteiger partial charge on any atom is 0.241 e. The molecule has 1 aromatic heterocycles. The summed E-state index contributed by atoms with van der Waals surface area (Å²) in [5.74, 6) is 2.71. The van der Waals surface area contributed by atoms with Gasteiger partial charge in [-0.25, -0.2) is 10.9 Å². The molecule has 3 aliphatic heterocycles. The van der Waals surface area contributed by atoms with E-state index in [0.717, 1.165) is 62.3 Å². The van der Waals surface area contributed by atoms with Crippen LogP contribution >= 0.6 is 0 Å². The van der Waals surface area contributed by atoms with Gasteiger partial charge in [0.25, 0.3) is 0 Å². The van der Waals surface area contributed by atoms with Crippen LogP contribution < -0.4 is 25.4 Å². The first-order valence-corrected chi connectivity index (χ1v) is 11.6. The minimum Gasteiger partial charge on any atom is -0.497 e. The molecular weight excluding hydrogens is 422 g/mol. The van der Waals surface area contributed by atoms with Crippen LogP contribution in [0.2, 0.25) is 0 Å². The fourth-order valence-electron chi connectivity index (χ4n) is 4.62. The number of piperazine rings is 1. The van der Waals surface area contributed by atoms with Crippen LogP contribution in [0.15, 0.2) is 36.4 Å². The van der Waals surface area contributed by atoms with E-state index in [1.54, 1.807) is 7.11 Å². The lowest BCUT2D eigenvalue weighted by atomic mass is 10.0. The van der Waals surface area contributed by atoms with Crippen molar-refractivity contribution < 1.29 is 14.3 Å². The third kappa shape index (κ3) is 4.87. The van der Waals surface area contributed by atoms with E-state index in [1.165, 1.54) is 0 Å². The van der Waals surface area contributed by atoms with E-state index < -0.39 is 0 Å². The number of nitrogens with zero attached hydrogens (tertiary/aromatic N) is 5. The van der Waals surface area contributed by atoms with Crippen molar-refractivity contribution in [3.05, 3.63) is 42.0 Å². The molecule has 5 rings (SSSR count). The highest BCUT2D eigenvalue weighted by Crippen LogP contribution is 2.26. The fraction of sp³-hybridized carbons (Fsp3) is 0.522. The number of aromatic nitrogens is 2. The maximum absolute atomic E-state index is 13.1. The summed E-state index contributed by atoms with van der Waals surface area (Å²) in [6.07, 6.45) is 0.709. The molecule has 1 amide bonds. The molecule has 2 aromatic rings. The van der Waals surface area contributed by atoms with Crippen LogP contribution in [0, 0.1) is 0 Å². The number of carbonyl (C=O) groups excluding carboxylic acids is 1. The Kier molecular flexibility index (Phi) is 6.56. The third-order valence-electron chi connectivity index (χ3n) is 6.58. The minimum atomic E-state index is -0.236. The molecule has 2 N–H and O–H groups in total. The lowest BCUT2D eigenvalue weighted by molar-refractivity contribution is -0.133. The van der Waals surface area contributed by atoms with Gasteiger partial charge >= 0.3 is 0 Å². The highest BCUT2D eigenvalue weighted by molar-refractivity contribution is 5.82. The number of morpholine rings is 1. The Bertz CT molecular complexity index is 943. The van der Waals surface area contributed by atoms with Crippen LogP contribution in [-0.4, -0.2) is 86.6 Å². The summed E-state index contributed by atoms with van der Waals surface area (Å²) in [5, 5.41) is 8.86. The number of hydrogen-bond donors (Lipinski definition) is 2. The van der Waals surface area contributed by atoms with E-state index in [1.807, 2.05) is 35.2 Å². The van der Waals surface area contributed by atoms with Gasteiger partial charge in [0.2, 0.25) is 5.91 Å². The number of ether oxygens (including phenoxy) is 2. The summed E-state index contributed by atoms with van der Waals surface area (Å²) >= 11 is 0. The summed E-state index contributed by atoms with van der Waals surface area (Å²) < 4.78 is 10.7. The number of methoxy groups -OCH3 is 1. The third-order valence-corrected chi connectivity index (χ3v) is 6.58. The highest BCUT2D eigenvalue weighted by Gasteiger charge is 2.34. The first-order chi connectivity index (χ1) is 16.2. The molecule has 0 radical (unpaired) electrons. The smallest absolute Gasteiger partial charge is 0.241 e. The van der Waals surface area contributed by atoms with Crippen molar-refractivity contribution in [3.63, 3.8) is 0 Å². The zero-order valence-electron chi connectivity index (χ0n) is 18.9. The fourth-order valence-corrected chi connectivity index (χ4v) is 4.62. The van der Waals surface area contributed by atoms with Gasteiger partial charge in [0, 0.05) is 45.3 Å². The minimum absolute atomic E-state index is 0.0793. The molecule has 4 heterocycles. The van der Waals surface area contributed by atoms with Gasteiger partial charge in [0.05, 0.1) is 20.3 Å². The van der Waals surface area contributed by atoms with Crippen LogP contribution in [0.3, 0.4) is 0 Å². The molecule has 3 fully saturated rings. The normalized spacial score (nSPS) is 23.6. The van der Waals surface area contributed by atoms with Crippen molar-refractivity contribution in [1.29, 1.82) is 0 Å². The van der Waals surface area contributed by atoms with E-state index in [4.69, 9.17) is 9.47 Å². The van der Waals surface area contributed by atoms with Crippen LogP contribution in [-0.2, 0) is 9.53 Å². The number of carbonyl (C=O) groups is 1. The highest BCUT2D eigenvalue weighted by atomic mass is 16.5. The van der Waals surface area contributed by atoms with Gasteiger partial charge in [-0.15, -0.1) is 10.2 Å². The number of rotatable bonds is 5. The van der Waals surface area contributed by atoms with Crippen molar-refractivity contribution in [2.24, 2.45) is 0 Å². The molecule has 10 heteroatoms. The summed E-state index contributed by atoms with van der Waals surface area (Å²) in [4.78, 5) is 19.4. The number of anilines is 2. The van der Waals surface area contributed by atoms with Crippen LogP contribution in [0.5, 0.6) is 5.75 Å². The Labute approximate surface area is 193 Å². The largest absolute Gasteiger partial charge is 0.497 e. The second kappa shape index (κ2) is 9.90. The van der Waals surface area contributed by atoms with E-state index in [2.05, 4.69) is 36.9 Å². The molecule has 33 heavy (non-hydrogen) atoms. The zero-order chi connectivity index (χ0) is 22.6. The second-order valence-electron chi connectivity index (χ2n) is 8.57. The number of hydrazine groups is 1. The molecule has 0 aliphatic carbocycles. The van der Waals surface area contributed by atoms with Crippen molar-refractivity contribution in [1.82, 2.24) is 25.9 Å². The van der Waals surface area contributed by atoms with Crippen LogP contribution in [0.25, 0.3) is 0 Å². The topological polar surface area (TPSA) is 95.1 Å². The second-order valence-corrected chi connectivity index (χ2v) is 8.57. The Hall–Kier alpha value is -2.95. The van der Waals surface area contributed by atoms with Crippen molar-refractivity contribution in [2.75, 3.05) is 69.4 Å². The number of nitrogens with one attached hydrogen (secondary N) is 2. The van der Waals surface area contributed by atoms with Crippen molar-refractivity contribution >= 4 is 17.5 Å². The number of amides is 1. The molecule has 2 atom stereocenters. The summed E-state index contributed by atoms with van der Waals surface area (Å²) in [6.45, 7) is 5.99. The lowest BCUT2D eigenvalue weighted by Gasteiger charge is -2.36. The van der Waals surface area contributed by atoms with Gasteiger partial charge in [-0.05, 0) is 36.2 Å². The molecule has 3 saturated heterocycles. The predicted molar refractivity (Wildman–Crippen MR) is 124 cm³/mol. The quantitative estimate of drug-likeness (QED) is 0.674. The molecule has 10 nitrogen and oxygen atoms in total. The molecule has 176 valence electrons. The maximum atomic E-state index is 13.1. The Morgan fingerprint density at radius 2 is 1.67 bits per heavy atom. The number of benzene rings is 1. The van der Waals surface area contributed by atoms with E-state index in [9.17, 15) is 4.79 Å². The molecular formula is C23H31N7O3. The average molecular weight is 454 g/mol. The Balaban J connectivity index is 1.13. The number of hydrogen-bond acceptors (Lipinski definition) is 9. The molecule has 2 unspecified atom stereocenters. The van der Waals surface area contributed by atoms with Gasteiger partial charge < -0.3 is 24.2 Å². The van der Waals surface area contributed by atoms with Gasteiger partial charge in [-0.1, -0.05) is 12.1 Å². The standard InChI is InChI=1S/C23H31N7O3/c1-32-18-4-2-3-17(15-18)19-16-20(25-24-19)23(31)30-9-7-28(8-10-30)21-5-6-22(27-26-21)29-11-13-33-14-12-29/h2-6,15,19-20,24-25H,7-14,16H2,1H3. The summed E-state index contributed by atoms with van der Waals surface area (Å²) in [7, 11) is 1.66. The molecule has 0 bridgehead atoms. The summed E-state index contributed by atoms with van der Waals surface area (Å²) in [5.41, 5.74) is 7.57. The monoisotopic (exact) mass is 453 g/mol. The Morgan fingerprint density at radius 1 is 0.970 bits per heavy atom. The predicted octanol–water partition coefficient (Wildman–Crippen LogP) is 0.578. The molecule has 3 aliphatic rings. The molecule has 0 spiro atoms. The van der Waals surface area contributed by atoms with Crippen molar-refractivity contribution in [3.8, 4) is 5.75 Å². The first kappa shape index (κ1) is 21.9. The van der Waals surface area contributed by atoms with Crippen LogP contribution in [0.1, 0.15) is 18.0 Å². The van der Waals surface area contributed by atoms with Gasteiger partial charge in [-0.2, -0.15) is 0 Å². The van der Waals surface area contributed by atoms with Gasteiger partial charge in [0.1, 0.15) is 11.8 Å². The van der Waals surface area contributed by atoms with E-state index in [0.29, 0.717) is 19.5 Å². The first-order valence-electron chi connectivity index (χ1n) is 11.6. The Morgan fingerprint density at radius 3 is 2.33 bits per heavy atom.